The third kappa shape index (κ3) is 7.44. The van der Waals surface area contributed by atoms with Gasteiger partial charge in [0.05, 0.1) is 0 Å². The van der Waals surface area contributed by atoms with E-state index in [0.29, 0.717) is 0 Å². The summed E-state index contributed by atoms with van der Waals surface area (Å²) < 4.78 is 0. The molecule has 1 heteroatoms. The molecule has 0 aromatic carbocycles. The van der Waals surface area contributed by atoms with Crippen molar-refractivity contribution in [1.29, 1.82) is 0 Å². The van der Waals surface area contributed by atoms with Crippen LogP contribution in [0.25, 0.3) is 0 Å². The molecule has 0 bridgehead atoms. The molecular formula is C9H17N. The molecule has 0 unspecified atom stereocenters. The number of unbranched alkanes of at least 4 members (excludes halogenated alkanes) is 1. The molecule has 0 amide bonds. The summed E-state index contributed by atoms with van der Waals surface area (Å²) in [6.45, 7) is 7.77. The van der Waals surface area contributed by atoms with Gasteiger partial charge in [0.2, 0.25) is 0 Å². The molecule has 0 fully saturated rings. The van der Waals surface area contributed by atoms with Crippen molar-refractivity contribution in [1.82, 2.24) is 5.32 Å². The number of nitrogens with one attached hydrogen (secondary N) is 1. The molecule has 0 aromatic heterocycles. The number of rotatable bonds is 6. The summed E-state index contributed by atoms with van der Waals surface area (Å²) in [5.41, 5.74) is 0. The van der Waals surface area contributed by atoms with Gasteiger partial charge in [-0.05, 0) is 26.3 Å². The van der Waals surface area contributed by atoms with Crippen LogP contribution in [-0.2, 0) is 0 Å². The van der Waals surface area contributed by atoms with Crippen LogP contribution in [0.2, 0.25) is 0 Å². The van der Waals surface area contributed by atoms with Gasteiger partial charge in [-0.25, -0.2) is 0 Å². The summed E-state index contributed by atoms with van der Waals surface area (Å²) in [5.74, 6) is 0. The highest BCUT2D eigenvalue weighted by Crippen LogP contribution is 1.85. The Labute approximate surface area is 63.8 Å². The minimum absolute atomic E-state index is 0.994. The summed E-state index contributed by atoms with van der Waals surface area (Å²) in [5, 5.41) is 3.29. The van der Waals surface area contributed by atoms with Gasteiger partial charge in [-0.15, -0.1) is 6.58 Å². The van der Waals surface area contributed by atoms with Gasteiger partial charge in [-0.1, -0.05) is 18.2 Å². The van der Waals surface area contributed by atoms with Crippen molar-refractivity contribution in [2.45, 2.75) is 19.8 Å². The van der Waals surface area contributed by atoms with Crippen LogP contribution < -0.4 is 5.32 Å². The standard InChI is InChI=1S/C9H17N/c1-3-5-7-9-10-8-6-4-2/h3-4,6,10H,1,5,7-9H2,2H3/b6-4+. The van der Waals surface area contributed by atoms with E-state index in [0.717, 1.165) is 19.5 Å². The summed E-state index contributed by atoms with van der Waals surface area (Å²) in [7, 11) is 0. The van der Waals surface area contributed by atoms with E-state index in [1.807, 2.05) is 13.0 Å². The maximum Gasteiger partial charge on any atom is 0.0134 e. The van der Waals surface area contributed by atoms with Crippen LogP contribution in [0.15, 0.2) is 24.8 Å². The second-order valence-corrected chi connectivity index (χ2v) is 2.20. The van der Waals surface area contributed by atoms with Gasteiger partial charge in [-0.3, -0.25) is 0 Å². The second kappa shape index (κ2) is 8.44. The Morgan fingerprint density at radius 2 is 2.30 bits per heavy atom. The van der Waals surface area contributed by atoms with Crippen molar-refractivity contribution < 1.29 is 0 Å². The minimum atomic E-state index is 0.994. The molecule has 58 valence electrons. The molecule has 10 heavy (non-hydrogen) atoms. The molecule has 0 heterocycles. The van der Waals surface area contributed by atoms with Crippen molar-refractivity contribution in [2.75, 3.05) is 13.1 Å². The zero-order valence-corrected chi connectivity index (χ0v) is 6.77. The first-order chi connectivity index (χ1) is 4.91. The van der Waals surface area contributed by atoms with Crippen LogP contribution in [0.5, 0.6) is 0 Å². The lowest BCUT2D eigenvalue weighted by Gasteiger charge is -1.97. The Hall–Kier alpha value is -0.560. The molecule has 0 saturated heterocycles. The molecule has 0 aliphatic heterocycles. The van der Waals surface area contributed by atoms with Gasteiger partial charge >= 0.3 is 0 Å². The zero-order valence-electron chi connectivity index (χ0n) is 6.77. The molecule has 0 aliphatic rings. The fraction of sp³-hybridized carbons (Fsp3) is 0.556. The van der Waals surface area contributed by atoms with Crippen molar-refractivity contribution in [3.8, 4) is 0 Å². The van der Waals surface area contributed by atoms with Gasteiger partial charge in [0.25, 0.3) is 0 Å². The van der Waals surface area contributed by atoms with Gasteiger partial charge < -0.3 is 5.32 Å². The summed E-state index contributed by atoms with van der Waals surface area (Å²) in [6, 6.07) is 0. The fourth-order valence-electron chi connectivity index (χ4n) is 0.675. The van der Waals surface area contributed by atoms with Crippen LogP contribution >= 0.6 is 0 Å². The first-order valence-corrected chi connectivity index (χ1v) is 3.84. The number of allylic oxidation sites excluding steroid dienone is 2. The van der Waals surface area contributed by atoms with E-state index in [9.17, 15) is 0 Å². The molecule has 0 aromatic rings. The monoisotopic (exact) mass is 139 g/mol. The largest absolute Gasteiger partial charge is 0.313 e. The highest BCUT2D eigenvalue weighted by molar-refractivity contribution is 4.79. The van der Waals surface area contributed by atoms with E-state index in [-0.39, 0.29) is 0 Å². The number of hydrogen-bond donors (Lipinski definition) is 1. The molecule has 0 radical (unpaired) electrons. The molecule has 0 aliphatic carbocycles. The highest BCUT2D eigenvalue weighted by atomic mass is 14.8. The van der Waals surface area contributed by atoms with Crippen molar-refractivity contribution >= 4 is 0 Å². The lowest BCUT2D eigenvalue weighted by Crippen LogP contribution is -2.14. The van der Waals surface area contributed by atoms with E-state index in [1.54, 1.807) is 0 Å². The van der Waals surface area contributed by atoms with Crippen LogP contribution in [-0.4, -0.2) is 13.1 Å². The molecule has 0 spiro atoms. The zero-order chi connectivity index (χ0) is 7.66. The van der Waals surface area contributed by atoms with Crippen LogP contribution in [0.4, 0.5) is 0 Å². The summed E-state index contributed by atoms with van der Waals surface area (Å²) in [6.07, 6.45) is 8.44. The quantitative estimate of drug-likeness (QED) is 0.439. The lowest BCUT2D eigenvalue weighted by molar-refractivity contribution is 0.701. The average Bonchev–Trinajstić information content (AvgIpc) is 1.97. The average molecular weight is 139 g/mol. The van der Waals surface area contributed by atoms with Gasteiger partial charge in [-0.2, -0.15) is 0 Å². The van der Waals surface area contributed by atoms with Crippen LogP contribution in [0.3, 0.4) is 0 Å². The van der Waals surface area contributed by atoms with E-state index < -0.39 is 0 Å². The van der Waals surface area contributed by atoms with Crippen molar-refractivity contribution in [3.05, 3.63) is 24.8 Å². The van der Waals surface area contributed by atoms with Crippen LogP contribution in [0.1, 0.15) is 19.8 Å². The third-order valence-electron chi connectivity index (χ3n) is 1.26. The van der Waals surface area contributed by atoms with Gasteiger partial charge in [0.15, 0.2) is 0 Å². The number of hydrogen-bond acceptors (Lipinski definition) is 1. The Morgan fingerprint density at radius 3 is 2.90 bits per heavy atom. The van der Waals surface area contributed by atoms with Gasteiger partial charge in [0.1, 0.15) is 0 Å². The Bertz CT molecular complexity index is 94.9. The molecule has 0 atom stereocenters. The normalized spacial score (nSPS) is 10.5. The third-order valence-corrected chi connectivity index (χ3v) is 1.26. The Balaban J connectivity index is 2.83. The summed E-state index contributed by atoms with van der Waals surface area (Å²) >= 11 is 0. The Kier molecular flexibility index (Phi) is 7.97. The minimum Gasteiger partial charge on any atom is -0.313 e. The predicted molar refractivity (Wildman–Crippen MR) is 47.1 cm³/mol. The topological polar surface area (TPSA) is 12.0 Å². The smallest absolute Gasteiger partial charge is 0.0134 e. The molecular weight excluding hydrogens is 122 g/mol. The molecule has 1 nitrogen and oxygen atoms in total. The maximum absolute atomic E-state index is 3.65. The predicted octanol–water partition coefficient (Wildman–Crippen LogP) is 2.12. The fourth-order valence-corrected chi connectivity index (χ4v) is 0.675. The molecule has 1 N–H and O–H groups in total. The van der Waals surface area contributed by atoms with E-state index in [2.05, 4.69) is 24.0 Å². The lowest BCUT2D eigenvalue weighted by atomic mass is 10.3. The second-order valence-electron chi connectivity index (χ2n) is 2.20. The van der Waals surface area contributed by atoms with E-state index in [1.165, 1.54) is 6.42 Å². The van der Waals surface area contributed by atoms with E-state index in [4.69, 9.17) is 0 Å². The first kappa shape index (κ1) is 9.44. The SMILES string of the molecule is C=CCCCNC/C=C/C. The molecule has 0 rings (SSSR count). The van der Waals surface area contributed by atoms with Crippen molar-refractivity contribution in [2.24, 2.45) is 0 Å². The first-order valence-electron chi connectivity index (χ1n) is 3.84. The van der Waals surface area contributed by atoms with E-state index >= 15 is 0 Å². The molecule has 0 saturated carbocycles. The highest BCUT2D eigenvalue weighted by Gasteiger charge is 1.80. The van der Waals surface area contributed by atoms with Gasteiger partial charge in [0, 0.05) is 6.54 Å². The maximum atomic E-state index is 3.65. The Morgan fingerprint density at radius 1 is 1.50 bits per heavy atom. The van der Waals surface area contributed by atoms with Crippen molar-refractivity contribution in [3.63, 3.8) is 0 Å². The van der Waals surface area contributed by atoms with Crippen LogP contribution in [0, 0.1) is 0 Å². The summed E-state index contributed by atoms with van der Waals surface area (Å²) in [4.78, 5) is 0.